The molecule has 33 heavy (non-hydrogen) atoms. The lowest BCUT2D eigenvalue weighted by molar-refractivity contribution is 0.588. The van der Waals surface area contributed by atoms with Gasteiger partial charge in [0.2, 0.25) is 0 Å². The zero-order chi connectivity index (χ0) is 22.9. The molecule has 0 amide bonds. The van der Waals surface area contributed by atoms with Crippen LogP contribution in [0.15, 0.2) is 60.2 Å². The molecule has 0 unspecified atom stereocenters. The molecule has 0 fully saturated rings. The number of hydrogen-bond donors (Lipinski definition) is 2. The van der Waals surface area contributed by atoms with Crippen LogP contribution in [0.2, 0.25) is 0 Å². The third-order valence-corrected chi connectivity index (χ3v) is 5.42. The molecule has 0 saturated heterocycles. The van der Waals surface area contributed by atoms with Crippen molar-refractivity contribution in [2.24, 2.45) is 0 Å². The van der Waals surface area contributed by atoms with E-state index >= 15 is 0 Å². The monoisotopic (exact) mass is 445 g/mol. The summed E-state index contributed by atoms with van der Waals surface area (Å²) >= 11 is 0. The summed E-state index contributed by atoms with van der Waals surface area (Å²) in [7, 11) is 1.71. The van der Waals surface area contributed by atoms with Crippen molar-refractivity contribution in [1.29, 1.82) is 0 Å². The van der Waals surface area contributed by atoms with Crippen molar-refractivity contribution < 1.29 is 4.39 Å². The zero-order valence-electron chi connectivity index (χ0n) is 17.9. The van der Waals surface area contributed by atoms with Crippen molar-refractivity contribution in [2.45, 2.75) is 19.4 Å². The maximum atomic E-state index is 14.7. The second-order valence-electron chi connectivity index (χ2n) is 7.38. The van der Waals surface area contributed by atoms with E-state index in [2.05, 4.69) is 30.2 Å². The molecule has 0 aliphatic heterocycles. The third kappa shape index (κ3) is 3.53. The van der Waals surface area contributed by atoms with E-state index in [0.29, 0.717) is 34.9 Å². The Kier molecular flexibility index (Phi) is 5.13. The van der Waals surface area contributed by atoms with Gasteiger partial charge in [0.1, 0.15) is 23.0 Å². The van der Waals surface area contributed by atoms with E-state index in [4.69, 9.17) is 4.98 Å². The fourth-order valence-electron chi connectivity index (χ4n) is 3.76. The van der Waals surface area contributed by atoms with E-state index < -0.39 is 17.4 Å². The summed E-state index contributed by atoms with van der Waals surface area (Å²) in [5.41, 5.74) is 1.55. The number of aromatic nitrogens is 7. The van der Waals surface area contributed by atoms with Gasteiger partial charge in [-0.2, -0.15) is 0 Å². The van der Waals surface area contributed by atoms with E-state index in [-0.39, 0.29) is 10.9 Å². The summed E-state index contributed by atoms with van der Waals surface area (Å²) in [5.74, 6) is 0.270. The van der Waals surface area contributed by atoms with Crippen LogP contribution in [0.1, 0.15) is 25.2 Å². The summed E-state index contributed by atoms with van der Waals surface area (Å²) in [6, 6.07) is 7.54. The summed E-state index contributed by atoms with van der Waals surface area (Å²) < 4.78 is 16.0. The van der Waals surface area contributed by atoms with Gasteiger partial charge in [-0.1, -0.05) is 13.0 Å². The van der Waals surface area contributed by atoms with Crippen LogP contribution in [-0.4, -0.2) is 41.6 Å². The van der Waals surface area contributed by atoms with Crippen LogP contribution in [0.4, 0.5) is 15.9 Å². The molecule has 1 atom stereocenters. The number of hydrogen-bond acceptors (Lipinski definition) is 8. The summed E-state index contributed by atoms with van der Waals surface area (Å²) in [5, 5.41) is 4.86. The highest BCUT2D eigenvalue weighted by molar-refractivity contribution is 5.82. The van der Waals surface area contributed by atoms with Crippen LogP contribution >= 0.6 is 0 Å². The molecule has 0 aliphatic rings. The molecule has 4 aromatic heterocycles. The first-order valence-corrected chi connectivity index (χ1v) is 10.3. The van der Waals surface area contributed by atoms with Crippen LogP contribution in [0.5, 0.6) is 0 Å². The Morgan fingerprint density at radius 3 is 2.88 bits per heavy atom. The van der Waals surface area contributed by atoms with Crippen LogP contribution in [0.3, 0.4) is 0 Å². The van der Waals surface area contributed by atoms with Gasteiger partial charge in [0.05, 0.1) is 29.8 Å². The predicted molar refractivity (Wildman–Crippen MR) is 122 cm³/mol. The number of aromatic amines is 1. The molecule has 11 heteroatoms. The smallest absolute Gasteiger partial charge is 0.283 e. The first kappa shape index (κ1) is 20.5. The number of fused-ring (bicyclic) bond motifs is 2. The second kappa shape index (κ2) is 8.26. The fourth-order valence-corrected chi connectivity index (χ4v) is 3.76. The zero-order valence-corrected chi connectivity index (χ0v) is 17.9. The first-order chi connectivity index (χ1) is 16.1. The molecule has 0 radical (unpaired) electrons. The van der Waals surface area contributed by atoms with Gasteiger partial charge in [0.25, 0.3) is 5.56 Å². The second-order valence-corrected chi connectivity index (χ2v) is 7.38. The number of anilines is 2. The maximum absolute atomic E-state index is 14.7. The van der Waals surface area contributed by atoms with Crippen molar-refractivity contribution in [2.75, 3.05) is 17.4 Å². The average Bonchev–Trinajstić information content (AvgIpc) is 3.32. The van der Waals surface area contributed by atoms with Crippen LogP contribution in [0.25, 0.3) is 22.1 Å². The summed E-state index contributed by atoms with van der Waals surface area (Å²) in [6.45, 7) is 1.96. The topological polar surface area (TPSA) is 118 Å². The molecular formula is C22H20FN9O. The molecule has 0 bridgehead atoms. The molecule has 5 aromatic rings. The number of nitrogens with zero attached hydrogens (tertiary/aromatic N) is 7. The molecule has 0 aliphatic carbocycles. The van der Waals surface area contributed by atoms with E-state index in [1.165, 1.54) is 29.5 Å². The Morgan fingerprint density at radius 2 is 2.09 bits per heavy atom. The molecule has 10 nitrogen and oxygen atoms in total. The molecule has 2 N–H and O–H groups in total. The summed E-state index contributed by atoms with van der Waals surface area (Å²) in [4.78, 5) is 38.1. The highest BCUT2D eigenvalue weighted by Crippen LogP contribution is 2.26. The normalized spacial score (nSPS) is 12.2. The minimum Gasteiger partial charge on any atom is -0.358 e. The van der Waals surface area contributed by atoms with Crippen molar-refractivity contribution in [3.8, 4) is 0 Å². The molecular weight excluding hydrogens is 425 g/mol. The van der Waals surface area contributed by atoms with Gasteiger partial charge in [-0.05, 0) is 30.7 Å². The van der Waals surface area contributed by atoms with Gasteiger partial charge in [0, 0.05) is 13.2 Å². The van der Waals surface area contributed by atoms with E-state index in [0.717, 1.165) is 0 Å². The number of pyridine rings is 1. The van der Waals surface area contributed by atoms with Crippen LogP contribution < -0.4 is 15.9 Å². The Balaban J connectivity index is 1.71. The molecule has 0 saturated carbocycles. The SMILES string of the molecule is CC[C@H](Nc1ncnc2[nH]cnc12)c1nc2cccc(F)c2c(=O)n1N(C)c1cccnc1. The van der Waals surface area contributed by atoms with Gasteiger partial charge in [-0.25, -0.2) is 29.0 Å². The van der Waals surface area contributed by atoms with E-state index in [9.17, 15) is 9.18 Å². The molecule has 5 rings (SSSR count). The van der Waals surface area contributed by atoms with E-state index in [1.54, 1.807) is 42.6 Å². The van der Waals surface area contributed by atoms with Gasteiger partial charge >= 0.3 is 0 Å². The van der Waals surface area contributed by atoms with Gasteiger partial charge in [0.15, 0.2) is 17.3 Å². The largest absolute Gasteiger partial charge is 0.358 e. The Labute approximate surface area is 187 Å². The van der Waals surface area contributed by atoms with Gasteiger partial charge in [-0.3, -0.25) is 14.8 Å². The lowest BCUT2D eigenvalue weighted by Gasteiger charge is -2.28. The minimum absolute atomic E-state index is 0.0800. The maximum Gasteiger partial charge on any atom is 0.283 e. The number of nitrogens with one attached hydrogen (secondary N) is 2. The molecule has 0 spiro atoms. The minimum atomic E-state index is -0.625. The molecule has 1 aromatic carbocycles. The number of benzene rings is 1. The highest BCUT2D eigenvalue weighted by atomic mass is 19.1. The Morgan fingerprint density at radius 1 is 1.21 bits per heavy atom. The number of H-pyrrole nitrogens is 1. The predicted octanol–water partition coefficient (Wildman–Crippen LogP) is 3.06. The number of halogens is 1. The van der Waals surface area contributed by atoms with Gasteiger partial charge in [-0.15, -0.1) is 0 Å². The fraction of sp³-hybridized carbons (Fsp3) is 0.182. The molecule has 166 valence electrons. The Hall–Kier alpha value is -4.41. The quantitative estimate of drug-likeness (QED) is 0.410. The van der Waals surface area contributed by atoms with Crippen LogP contribution in [0, 0.1) is 5.82 Å². The number of imidazole rings is 1. The lowest BCUT2D eigenvalue weighted by atomic mass is 10.1. The van der Waals surface area contributed by atoms with Crippen molar-refractivity contribution in [1.82, 2.24) is 34.6 Å². The van der Waals surface area contributed by atoms with Crippen molar-refractivity contribution in [3.05, 3.63) is 77.4 Å². The third-order valence-electron chi connectivity index (χ3n) is 5.42. The highest BCUT2D eigenvalue weighted by Gasteiger charge is 2.24. The van der Waals surface area contributed by atoms with E-state index in [1.807, 2.05) is 6.92 Å². The summed E-state index contributed by atoms with van der Waals surface area (Å²) in [6.07, 6.45) is 6.78. The van der Waals surface area contributed by atoms with Crippen molar-refractivity contribution in [3.63, 3.8) is 0 Å². The molecule has 4 heterocycles. The van der Waals surface area contributed by atoms with Crippen LogP contribution in [-0.2, 0) is 0 Å². The lowest BCUT2D eigenvalue weighted by Crippen LogP contribution is -2.41. The first-order valence-electron chi connectivity index (χ1n) is 10.3. The Bertz CT molecular complexity index is 1500. The standard InChI is InChI=1S/C22H20FN9O/c1-3-15(29-20-18-19(26-11-25-18)27-12-28-20)21-30-16-8-4-7-14(23)17(16)22(33)32(21)31(2)13-6-5-9-24-10-13/h4-12,15H,3H2,1-2H3,(H2,25,26,27,28,29)/t15-/m0/s1. The average molecular weight is 445 g/mol. The van der Waals surface area contributed by atoms with Crippen molar-refractivity contribution >= 4 is 33.6 Å². The number of rotatable bonds is 6. The van der Waals surface area contributed by atoms with Gasteiger partial charge < -0.3 is 10.3 Å².